The molecule has 3 N–H and O–H groups in total. The molecule has 0 unspecified atom stereocenters. The number of ether oxygens (including phenoxy) is 2. The average Bonchev–Trinajstić information content (AvgIpc) is 3.25. The highest BCUT2D eigenvalue weighted by molar-refractivity contribution is 6.07. The Labute approximate surface area is 191 Å². The van der Waals surface area contributed by atoms with Crippen LogP contribution in [0.2, 0.25) is 0 Å². The van der Waals surface area contributed by atoms with Gasteiger partial charge in [-0.3, -0.25) is 4.79 Å². The number of carbonyl (C=O) groups is 2. The molecule has 0 saturated carbocycles. The van der Waals surface area contributed by atoms with Gasteiger partial charge in [0.15, 0.2) is 0 Å². The van der Waals surface area contributed by atoms with Crippen molar-refractivity contribution in [2.75, 3.05) is 30.9 Å². The molecule has 2 heterocycles. The maximum atomic E-state index is 15.0. The molecule has 1 fully saturated rings. The van der Waals surface area contributed by atoms with Crippen LogP contribution in [-0.4, -0.2) is 59.3 Å². The predicted octanol–water partition coefficient (Wildman–Crippen LogP) is 3.57. The number of hydrogen-bond acceptors (Lipinski definition) is 6. The number of rotatable bonds is 7. The number of halogens is 1. The molecular formula is C23H29FN4O5. The summed E-state index contributed by atoms with van der Waals surface area (Å²) < 4.78 is 25.9. The molecule has 3 amide bonds. The first kappa shape index (κ1) is 24.2. The minimum absolute atomic E-state index is 0.0427. The molecular weight excluding hydrogens is 431 g/mol. The summed E-state index contributed by atoms with van der Waals surface area (Å²) in [5.41, 5.74) is 0.919. The number of pyridine rings is 1. The molecule has 1 aromatic heterocycles. The molecule has 33 heavy (non-hydrogen) atoms. The number of nitrogens with zero attached hydrogens (tertiary/aromatic N) is 2. The third kappa shape index (κ3) is 5.51. The molecule has 9 nitrogen and oxygen atoms in total. The summed E-state index contributed by atoms with van der Waals surface area (Å²) in [7, 11) is 1.43. The number of aryl methyl sites for hydroxylation is 1. The Morgan fingerprint density at radius 1 is 1.33 bits per heavy atom. The second kappa shape index (κ2) is 10.5. The van der Waals surface area contributed by atoms with E-state index in [4.69, 9.17) is 9.47 Å². The smallest absolute Gasteiger partial charge is 0.322 e. The lowest BCUT2D eigenvalue weighted by atomic mass is 10.1. The van der Waals surface area contributed by atoms with E-state index in [2.05, 4.69) is 15.6 Å². The quantitative estimate of drug-likeness (QED) is 0.582. The minimum Gasteiger partial charge on any atom is -0.490 e. The normalized spacial score (nSPS) is 15.5. The number of aromatic nitrogens is 1. The number of nitrogens with one attached hydrogen (secondary N) is 2. The molecule has 1 atom stereocenters. The van der Waals surface area contributed by atoms with Crippen molar-refractivity contribution in [3.8, 4) is 11.6 Å². The Balaban J connectivity index is 1.90. The van der Waals surface area contributed by atoms with Crippen LogP contribution < -0.4 is 20.1 Å². The first-order valence-corrected chi connectivity index (χ1v) is 10.7. The van der Waals surface area contributed by atoms with Gasteiger partial charge in [-0.05, 0) is 51.3 Å². The molecule has 1 saturated heterocycles. The minimum atomic E-state index is -0.792. The monoisotopic (exact) mass is 460 g/mol. The maximum absolute atomic E-state index is 15.0. The second-order valence-corrected chi connectivity index (χ2v) is 8.06. The van der Waals surface area contributed by atoms with Gasteiger partial charge in [-0.1, -0.05) is 0 Å². The summed E-state index contributed by atoms with van der Waals surface area (Å²) in [6.45, 7) is 5.64. The largest absolute Gasteiger partial charge is 0.490 e. The van der Waals surface area contributed by atoms with Crippen LogP contribution in [-0.2, 0) is 0 Å². The average molecular weight is 461 g/mol. The van der Waals surface area contributed by atoms with Crippen LogP contribution in [0.4, 0.5) is 20.6 Å². The molecule has 0 radical (unpaired) electrons. The Kier molecular flexibility index (Phi) is 7.70. The third-order valence-electron chi connectivity index (χ3n) is 5.32. The molecule has 2 aromatic rings. The number of benzene rings is 1. The van der Waals surface area contributed by atoms with E-state index >= 15 is 0 Å². The van der Waals surface area contributed by atoms with Gasteiger partial charge in [-0.25, -0.2) is 14.2 Å². The van der Waals surface area contributed by atoms with Gasteiger partial charge in [-0.15, -0.1) is 0 Å². The lowest BCUT2D eigenvalue weighted by Crippen LogP contribution is -2.40. The Bertz CT molecular complexity index is 1030. The van der Waals surface area contributed by atoms with Gasteiger partial charge >= 0.3 is 6.03 Å². The van der Waals surface area contributed by atoms with Gasteiger partial charge in [-0.2, -0.15) is 0 Å². The number of amides is 3. The van der Waals surface area contributed by atoms with Crippen molar-refractivity contribution in [2.45, 2.75) is 45.8 Å². The van der Waals surface area contributed by atoms with Crippen LogP contribution in [0.5, 0.6) is 11.6 Å². The van der Waals surface area contributed by atoms with Crippen molar-refractivity contribution < 1.29 is 28.6 Å². The highest BCUT2D eigenvalue weighted by Crippen LogP contribution is 2.31. The third-order valence-corrected chi connectivity index (χ3v) is 5.32. The van der Waals surface area contributed by atoms with E-state index in [-0.39, 0.29) is 41.6 Å². The van der Waals surface area contributed by atoms with Crippen LogP contribution in [0.25, 0.3) is 0 Å². The molecule has 1 aromatic carbocycles. The van der Waals surface area contributed by atoms with E-state index in [1.807, 2.05) is 0 Å². The van der Waals surface area contributed by atoms with Crippen LogP contribution >= 0.6 is 0 Å². The lowest BCUT2D eigenvalue weighted by Gasteiger charge is -2.24. The van der Waals surface area contributed by atoms with Gasteiger partial charge in [0.1, 0.15) is 17.3 Å². The number of aliphatic hydroxyl groups excluding tert-OH is 1. The van der Waals surface area contributed by atoms with Crippen LogP contribution in [0, 0.1) is 12.7 Å². The fourth-order valence-electron chi connectivity index (χ4n) is 3.68. The predicted molar refractivity (Wildman–Crippen MR) is 121 cm³/mol. The number of hydrogen-bond donors (Lipinski definition) is 3. The van der Waals surface area contributed by atoms with Gasteiger partial charge < -0.3 is 30.1 Å². The highest BCUT2D eigenvalue weighted by atomic mass is 19.1. The van der Waals surface area contributed by atoms with E-state index in [1.54, 1.807) is 33.0 Å². The fraction of sp³-hybridized carbons (Fsp3) is 0.435. The first-order valence-electron chi connectivity index (χ1n) is 10.7. The second-order valence-electron chi connectivity index (χ2n) is 8.06. The Morgan fingerprint density at radius 3 is 2.76 bits per heavy atom. The molecule has 1 aliphatic rings. The molecule has 0 bridgehead atoms. The Morgan fingerprint density at radius 2 is 2.09 bits per heavy atom. The zero-order valence-corrected chi connectivity index (χ0v) is 19.1. The van der Waals surface area contributed by atoms with Crippen molar-refractivity contribution in [2.24, 2.45) is 0 Å². The molecule has 10 heteroatoms. The maximum Gasteiger partial charge on any atom is 0.322 e. The molecule has 3 rings (SSSR count). The van der Waals surface area contributed by atoms with Crippen molar-refractivity contribution >= 4 is 23.3 Å². The van der Waals surface area contributed by atoms with Gasteiger partial charge in [0, 0.05) is 18.8 Å². The highest BCUT2D eigenvalue weighted by Gasteiger charge is 2.29. The first-order chi connectivity index (χ1) is 15.7. The fourth-order valence-corrected chi connectivity index (χ4v) is 3.68. The van der Waals surface area contributed by atoms with Crippen LogP contribution in [0.1, 0.15) is 42.6 Å². The molecule has 178 valence electrons. The van der Waals surface area contributed by atoms with E-state index in [9.17, 15) is 19.1 Å². The van der Waals surface area contributed by atoms with Crippen molar-refractivity contribution in [3.05, 3.63) is 41.3 Å². The van der Waals surface area contributed by atoms with E-state index in [1.165, 1.54) is 18.1 Å². The van der Waals surface area contributed by atoms with E-state index < -0.39 is 17.8 Å². The van der Waals surface area contributed by atoms with E-state index in [0.29, 0.717) is 18.7 Å². The summed E-state index contributed by atoms with van der Waals surface area (Å²) in [6.07, 6.45) is 2.69. The number of urea groups is 1. The zero-order valence-electron chi connectivity index (χ0n) is 19.1. The molecule has 1 aliphatic heterocycles. The van der Waals surface area contributed by atoms with Crippen LogP contribution in [0.15, 0.2) is 24.4 Å². The summed E-state index contributed by atoms with van der Waals surface area (Å²) >= 11 is 0. The topological polar surface area (TPSA) is 113 Å². The summed E-state index contributed by atoms with van der Waals surface area (Å²) in [5, 5.41) is 14.7. The number of methoxy groups -OCH3 is 1. The molecule has 0 aliphatic carbocycles. The number of aliphatic hydroxyl groups is 1. The summed E-state index contributed by atoms with van der Waals surface area (Å²) in [4.78, 5) is 31.2. The Hall–Kier alpha value is -3.40. The number of carbonyl (C=O) groups excluding carboxylic acids is 2. The SMILES string of the molecule is COc1nccc(C)c1NC(=O)c1cc(F)c(NC(=O)N2CCC[C@@H]2CO)cc1OC(C)C. The lowest BCUT2D eigenvalue weighted by molar-refractivity contribution is 0.102. The van der Waals surface area contributed by atoms with Crippen molar-refractivity contribution in [3.63, 3.8) is 0 Å². The summed E-state index contributed by atoms with van der Waals surface area (Å²) in [6, 6.07) is 3.20. The van der Waals surface area contributed by atoms with Crippen molar-refractivity contribution in [1.82, 2.24) is 9.88 Å². The summed E-state index contributed by atoms with van der Waals surface area (Å²) in [5.74, 6) is -1.07. The van der Waals surface area contributed by atoms with Gasteiger partial charge in [0.05, 0.1) is 37.1 Å². The molecule has 0 spiro atoms. The zero-order chi connectivity index (χ0) is 24.1. The van der Waals surface area contributed by atoms with Crippen molar-refractivity contribution in [1.29, 1.82) is 0 Å². The van der Waals surface area contributed by atoms with E-state index in [0.717, 1.165) is 18.1 Å². The van der Waals surface area contributed by atoms with Gasteiger partial charge in [0.25, 0.3) is 5.91 Å². The number of anilines is 2. The number of likely N-dealkylation sites (tertiary alicyclic amines) is 1. The van der Waals surface area contributed by atoms with Crippen LogP contribution in [0.3, 0.4) is 0 Å². The van der Waals surface area contributed by atoms with Gasteiger partial charge in [0.2, 0.25) is 5.88 Å². The standard InChI is InChI=1S/C23H29FN4O5/c1-13(2)33-19-11-18(26-23(31)28-9-5-6-15(28)12-29)17(24)10-16(19)21(30)27-20-14(3)7-8-25-22(20)32-4/h7-8,10-11,13,15,29H,5-6,9,12H2,1-4H3,(H,26,31)(H,27,30)/t15-/m1/s1.